The summed E-state index contributed by atoms with van der Waals surface area (Å²) in [7, 11) is 0. The van der Waals surface area contributed by atoms with Crippen molar-refractivity contribution in [2.75, 3.05) is 0 Å². The van der Waals surface area contributed by atoms with Gasteiger partial charge in [0.05, 0.1) is 0 Å². The van der Waals surface area contributed by atoms with Crippen molar-refractivity contribution in [2.24, 2.45) is 0 Å². The molecular formula is C56H42N8. The molecule has 0 N–H and O–H groups in total. The van der Waals surface area contributed by atoms with Crippen molar-refractivity contribution >= 4 is 0 Å². The molecule has 64 heavy (non-hydrogen) atoms. The largest absolute Gasteiger partial charge is 0.258 e. The van der Waals surface area contributed by atoms with Gasteiger partial charge in [-0.05, 0) is 85.3 Å². The fourth-order valence-electron chi connectivity index (χ4n) is 8.26. The molecule has 0 saturated heterocycles. The fraction of sp³-hybridized carbons (Fsp3) is 0.0714. The van der Waals surface area contributed by atoms with Crippen molar-refractivity contribution in [3.63, 3.8) is 0 Å². The lowest BCUT2D eigenvalue weighted by Crippen LogP contribution is -2.02. The van der Waals surface area contributed by atoms with Crippen LogP contribution >= 0.6 is 0 Å². The molecule has 10 rings (SSSR count). The highest BCUT2D eigenvalue weighted by Gasteiger charge is 2.20. The minimum Gasteiger partial charge on any atom is -0.258 e. The van der Waals surface area contributed by atoms with Gasteiger partial charge in [0.15, 0.2) is 11.6 Å². The van der Waals surface area contributed by atoms with Crippen LogP contribution in [-0.2, 0) is 0 Å². The molecule has 4 aromatic heterocycles. The summed E-state index contributed by atoms with van der Waals surface area (Å²) in [5.41, 5.74) is 18.8. The molecule has 0 saturated carbocycles. The Balaban J connectivity index is 0.967. The van der Waals surface area contributed by atoms with E-state index in [2.05, 4.69) is 144 Å². The van der Waals surface area contributed by atoms with Gasteiger partial charge in [0.1, 0.15) is 22.8 Å². The molecule has 0 amide bonds. The number of rotatable bonds is 9. The van der Waals surface area contributed by atoms with E-state index in [1.807, 2.05) is 76.2 Å². The molecule has 0 radical (unpaired) electrons. The van der Waals surface area contributed by atoms with Crippen LogP contribution in [0.3, 0.4) is 0 Å². The molecule has 0 fully saturated rings. The molecule has 0 atom stereocenters. The first-order valence-electron chi connectivity index (χ1n) is 21.3. The van der Waals surface area contributed by atoms with E-state index < -0.39 is 0 Å². The highest BCUT2D eigenvalue weighted by Crippen LogP contribution is 2.40. The molecular weight excluding hydrogens is 785 g/mol. The van der Waals surface area contributed by atoms with E-state index >= 15 is 0 Å². The maximum absolute atomic E-state index is 5.12. The van der Waals surface area contributed by atoms with Gasteiger partial charge >= 0.3 is 0 Å². The Bertz CT molecular complexity index is 3070. The van der Waals surface area contributed by atoms with Crippen molar-refractivity contribution in [2.45, 2.75) is 27.7 Å². The summed E-state index contributed by atoms with van der Waals surface area (Å²) in [5, 5.41) is 18.8. The summed E-state index contributed by atoms with van der Waals surface area (Å²) in [6, 6.07) is 62.3. The van der Waals surface area contributed by atoms with Gasteiger partial charge in [-0.15, -0.1) is 20.4 Å². The van der Waals surface area contributed by atoms with Crippen molar-refractivity contribution in [3.05, 3.63) is 205 Å². The Hall–Kier alpha value is -8.36. The van der Waals surface area contributed by atoms with E-state index in [0.29, 0.717) is 23.0 Å². The number of aromatic nitrogens is 8. The number of benzene rings is 6. The van der Waals surface area contributed by atoms with Gasteiger partial charge in [0.2, 0.25) is 0 Å². The third kappa shape index (κ3) is 7.85. The highest BCUT2D eigenvalue weighted by molar-refractivity contribution is 5.92. The number of hydrogen-bond acceptors (Lipinski definition) is 8. The normalized spacial score (nSPS) is 11.1. The lowest BCUT2D eigenvalue weighted by atomic mass is 9.89. The average molecular weight is 827 g/mol. The zero-order valence-electron chi connectivity index (χ0n) is 35.9. The second-order valence-electron chi connectivity index (χ2n) is 15.8. The average Bonchev–Trinajstić information content (AvgIpc) is 3.34. The van der Waals surface area contributed by atoms with E-state index in [1.165, 1.54) is 0 Å². The Morgan fingerprint density at radius 3 is 0.953 bits per heavy atom. The maximum atomic E-state index is 5.12. The van der Waals surface area contributed by atoms with E-state index in [1.54, 1.807) is 0 Å². The van der Waals surface area contributed by atoms with Crippen LogP contribution in [0.25, 0.3) is 101 Å². The smallest absolute Gasteiger partial charge is 0.182 e. The minimum absolute atomic E-state index is 0.557. The summed E-state index contributed by atoms with van der Waals surface area (Å²) in [6.07, 6.45) is 0. The van der Waals surface area contributed by atoms with Gasteiger partial charge in [-0.2, -0.15) is 0 Å². The molecule has 0 aliphatic carbocycles. The Labute approximate surface area is 372 Å². The zero-order valence-corrected chi connectivity index (χ0v) is 35.9. The number of nitrogens with zero attached hydrogens (tertiary/aromatic N) is 8. The van der Waals surface area contributed by atoms with Gasteiger partial charge in [0.25, 0.3) is 0 Å². The second-order valence-corrected chi connectivity index (χ2v) is 15.8. The van der Waals surface area contributed by atoms with Gasteiger partial charge in [-0.3, -0.25) is 9.97 Å². The van der Waals surface area contributed by atoms with E-state index in [9.17, 15) is 0 Å². The maximum Gasteiger partial charge on any atom is 0.182 e. The molecule has 0 aliphatic rings. The lowest BCUT2D eigenvalue weighted by Gasteiger charge is -2.15. The predicted octanol–water partition coefficient (Wildman–Crippen LogP) is 13.1. The molecule has 0 spiro atoms. The van der Waals surface area contributed by atoms with E-state index in [0.717, 1.165) is 101 Å². The van der Waals surface area contributed by atoms with Crippen molar-refractivity contribution in [1.82, 2.24) is 40.3 Å². The third-order valence-electron chi connectivity index (χ3n) is 11.5. The number of pyridine rings is 2. The summed E-state index contributed by atoms with van der Waals surface area (Å²) < 4.78 is 0. The van der Waals surface area contributed by atoms with Crippen LogP contribution in [0.4, 0.5) is 0 Å². The molecule has 10 aromatic rings. The predicted molar refractivity (Wildman–Crippen MR) is 257 cm³/mol. The van der Waals surface area contributed by atoms with Gasteiger partial charge in [-0.25, -0.2) is 9.97 Å². The Morgan fingerprint density at radius 2 is 0.578 bits per heavy atom. The highest BCUT2D eigenvalue weighted by atomic mass is 15.2. The third-order valence-corrected chi connectivity index (χ3v) is 11.5. The first-order valence-corrected chi connectivity index (χ1v) is 21.3. The quantitative estimate of drug-likeness (QED) is 0.142. The summed E-state index contributed by atoms with van der Waals surface area (Å²) >= 11 is 0. The SMILES string of the molecule is Cc1ccc(-c2nnc(-c3ccc(-c4ccccc4-c4ccccc4-c4ccc(-c5nnc(-c6ccc(C)nc6C)c(-c6ccccc6)n5)cc4)cc3)nc2-c2ccccc2)c(C)n1. The number of aryl methyl sites for hydroxylation is 4. The molecule has 6 aromatic carbocycles. The summed E-state index contributed by atoms with van der Waals surface area (Å²) in [4.78, 5) is 19.6. The van der Waals surface area contributed by atoms with Crippen LogP contribution in [0.5, 0.6) is 0 Å². The molecule has 4 heterocycles. The van der Waals surface area contributed by atoms with Crippen LogP contribution in [-0.4, -0.2) is 40.3 Å². The van der Waals surface area contributed by atoms with Gasteiger partial charge < -0.3 is 0 Å². The van der Waals surface area contributed by atoms with Crippen molar-refractivity contribution in [1.29, 1.82) is 0 Å². The molecule has 0 aliphatic heterocycles. The van der Waals surface area contributed by atoms with E-state index in [4.69, 9.17) is 30.1 Å². The van der Waals surface area contributed by atoms with Crippen LogP contribution in [0.2, 0.25) is 0 Å². The Morgan fingerprint density at radius 1 is 0.234 bits per heavy atom. The van der Waals surface area contributed by atoms with Crippen molar-refractivity contribution < 1.29 is 0 Å². The standard InChI is InChI=1S/C56H42N8/c1-35-23-33-45(37(3)57-35)53-51(41-15-7-5-8-16-41)59-55(63-61-53)43-29-25-39(26-30-43)47-19-11-13-21-49(47)50-22-14-12-20-48(50)40-27-31-44(32-28-40)56-60-52(42-17-9-6-10-18-42)54(62-64-56)46-34-24-36(2)58-38(46)4/h5-34H,1-4H3. The minimum atomic E-state index is 0.557. The van der Waals surface area contributed by atoms with Crippen LogP contribution < -0.4 is 0 Å². The van der Waals surface area contributed by atoms with Crippen LogP contribution in [0.1, 0.15) is 22.8 Å². The topological polar surface area (TPSA) is 103 Å². The lowest BCUT2D eigenvalue weighted by molar-refractivity contribution is 0.985. The monoisotopic (exact) mass is 826 g/mol. The Kier molecular flexibility index (Phi) is 10.7. The zero-order chi connectivity index (χ0) is 43.6. The first-order chi connectivity index (χ1) is 31.4. The fourth-order valence-corrected chi connectivity index (χ4v) is 8.26. The number of hydrogen-bond donors (Lipinski definition) is 0. The first kappa shape index (κ1) is 39.8. The molecule has 0 bridgehead atoms. The molecule has 0 unspecified atom stereocenters. The molecule has 306 valence electrons. The summed E-state index contributed by atoms with van der Waals surface area (Å²) in [5.74, 6) is 1.11. The van der Waals surface area contributed by atoms with Crippen molar-refractivity contribution in [3.8, 4) is 101 Å². The second kappa shape index (κ2) is 17.2. The van der Waals surface area contributed by atoms with Gasteiger partial charge in [-0.1, -0.05) is 158 Å². The van der Waals surface area contributed by atoms with E-state index in [-0.39, 0.29) is 0 Å². The van der Waals surface area contributed by atoms with Crippen LogP contribution in [0.15, 0.2) is 182 Å². The van der Waals surface area contributed by atoms with Crippen LogP contribution in [0, 0.1) is 27.7 Å². The van der Waals surface area contributed by atoms with Gasteiger partial charge in [0, 0.05) is 56.2 Å². The molecule has 8 nitrogen and oxygen atoms in total. The summed E-state index contributed by atoms with van der Waals surface area (Å²) in [6.45, 7) is 7.98. The molecule has 8 heteroatoms.